The highest BCUT2D eigenvalue weighted by Gasteiger charge is 2.32. The summed E-state index contributed by atoms with van der Waals surface area (Å²) in [7, 11) is 0. The van der Waals surface area contributed by atoms with Crippen molar-refractivity contribution in [2.24, 2.45) is 0 Å². The van der Waals surface area contributed by atoms with Crippen LogP contribution < -0.4 is 10.6 Å². The smallest absolute Gasteiger partial charge is 0.338 e. The highest BCUT2D eigenvalue weighted by atomic mass is 16.6. The molecule has 0 saturated carbocycles. The standard InChI is InChI=1S/C19H24N2O4/c1-3-13-6-8-14(9-7-13)17-16(12(2)20-19(23)21-17)18(22)25-11-15-5-4-10-24-15/h6-9,15,17H,3-5,10-11H2,1-2H3,(H2,20,21,23)/t15-,17+/m0/s1. The molecule has 0 unspecified atom stereocenters. The van der Waals surface area contributed by atoms with E-state index in [2.05, 4.69) is 17.6 Å². The molecule has 2 atom stereocenters. The van der Waals surface area contributed by atoms with E-state index >= 15 is 0 Å². The topological polar surface area (TPSA) is 76.7 Å². The van der Waals surface area contributed by atoms with Crippen LogP contribution in [0, 0.1) is 0 Å². The molecule has 0 aromatic heterocycles. The molecule has 0 bridgehead atoms. The van der Waals surface area contributed by atoms with E-state index < -0.39 is 12.0 Å². The van der Waals surface area contributed by atoms with Gasteiger partial charge in [-0.05, 0) is 37.3 Å². The lowest BCUT2D eigenvalue weighted by atomic mass is 9.94. The number of amides is 2. The van der Waals surface area contributed by atoms with Crippen molar-refractivity contribution >= 4 is 12.0 Å². The number of esters is 1. The number of benzene rings is 1. The van der Waals surface area contributed by atoms with Crippen LogP contribution in [0.2, 0.25) is 0 Å². The highest BCUT2D eigenvalue weighted by Crippen LogP contribution is 2.28. The first kappa shape index (κ1) is 17.5. The molecule has 3 rings (SSSR count). The summed E-state index contributed by atoms with van der Waals surface area (Å²) in [5.74, 6) is -0.426. The quantitative estimate of drug-likeness (QED) is 0.805. The molecular formula is C19H24N2O4. The van der Waals surface area contributed by atoms with Gasteiger partial charge < -0.3 is 20.1 Å². The molecule has 134 valence electrons. The maximum absolute atomic E-state index is 12.7. The summed E-state index contributed by atoms with van der Waals surface area (Å²) >= 11 is 0. The Bertz CT molecular complexity index is 675. The van der Waals surface area contributed by atoms with Crippen molar-refractivity contribution < 1.29 is 19.1 Å². The molecule has 2 N–H and O–H groups in total. The second-order valence-electron chi connectivity index (χ2n) is 6.40. The van der Waals surface area contributed by atoms with Gasteiger partial charge in [0.05, 0.1) is 17.7 Å². The van der Waals surface area contributed by atoms with Gasteiger partial charge in [0.2, 0.25) is 0 Å². The molecule has 1 aromatic carbocycles. The van der Waals surface area contributed by atoms with Gasteiger partial charge in [0.25, 0.3) is 0 Å². The van der Waals surface area contributed by atoms with Gasteiger partial charge in [0.15, 0.2) is 0 Å². The zero-order valence-corrected chi connectivity index (χ0v) is 14.6. The normalized spacial score (nSPS) is 23.2. The zero-order valence-electron chi connectivity index (χ0n) is 14.6. The summed E-state index contributed by atoms with van der Waals surface area (Å²) in [6.07, 6.45) is 2.80. The number of ether oxygens (including phenoxy) is 2. The molecule has 1 fully saturated rings. The van der Waals surface area contributed by atoms with E-state index in [0.717, 1.165) is 24.8 Å². The van der Waals surface area contributed by atoms with Gasteiger partial charge in [0, 0.05) is 12.3 Å². The third-order valence-electron chi connectivity index (χ3n) is 4.63. The van der Waals surface area contributed by atoms with Crippen LogP contribution in [0.3, 0.4) is 0 Å². The molecule has 6 heteroatoms. The van der Waals surface area contributed by atoms with Crippen LogP contribution >= 0.6 is 0 Å². The van der Waals surface area contributed by atoms with E-state index in [1.807, 2.05) is 24.3 Å². The van der Waals surface area contributed by atoms with E-state index in [4.69, 9.17) is 9.47 Å². The minimum atomic E-state index is -0.517. The highest BCUT2D eigenvalue weighted by molar-refractivity contribution is 5.95. The van der Waals surface area contributed by atoms with E-state index in [1.54, 1.807) is 6.92 Å². The maximum Gasteiger partial charge on any atom is 0.338 e. The molecule has 2 aliphatic heterocycles. The average Bonchev–Trinajstić information content (AvgIpc) is 3.12. The fourth-order valence-corrected chi connectivity index (χ4v) is 3.18. The van der Waals surface area contributed by atoms with Crippen molar-refractivity contribution in [1.82, 2.24) is 10.6 Å². The first-order valence-corrected chi connectivity index (χ1v) is 8.74. The van der Waals surface area contributed by atoms with E-state index in [9.17, 15) is 9.59 Å². The van der Waals surface area contributed by atoms with Crippen LogP contribution in [0.1, 0.15) is 43.9 Å². The summed E-state index contributed by atoms with van der Waals surface area (Å²) in [5, 5.41) is 5.48. The SMILES string of the molecule is CCc1ccc([C@H]2NC(=O)NC(C)=C2C(=O)OC[C@@H]2CCCO2)cc1. The number of allylic oxidation sites excluding steroid dienone is 1. The Morgan fingerprint density at radius 1 is 1.32 bits per heavy atom. The van der Waals surface area contributed by atoms with E-state index in [1.165, 1.54) is 5.56 Å². The van der Waals surface area contributed by atoms with Gasteiger partial charge in [-0.2, -0.15) is 0 Å². The summed E-state index contributed by atoms with van der Waals surface area (Å²) < 4.78 is 10.9. The Balaban J connectivity index is 1.79. The lowest BCUT2D eigenvalue weighted by Crippen LogP contribution is -2.45. The number of aryl methyl sites for hydroxylation is 1. The van der Waals surface area contributed by atoms with Gasteiger partial charge in [-0.15, -0.1) is 0 Å². The molecule has 1 aromatic rings. The number of hydrogen-bond donors (Lipinski definition) is 2. The second kappa shape index (κ2) is 7.70. The number of carbonyl (C=O) groups excluding carboxylic acids is 2. The van der Waals surface area contributed by atoms with E-state index in [-0.39, 0.29) is 18.7 Å². The molecule has 2 aliphatic rings. The van der Waals surface area contributed by atoms with Crippen molar-refractivity contribution in [1.29, 1.82) is 0 Å². The molecule has 6 nitrogen and oxygen atoms in total. The minimum absolute atomic E-state index is 0.0294. The van der Waals surface area contributed by atoms with Gasteiger partial charge in [-0.25, -0.2) is 9.59 Å². The van der Waals surface area contributed by atoms with Crippen molar-refractivity contribution in [2.75, 3.05) is 13.2 Å². The van der Waals surface area contributed by atoms with Crippen LogP contribution in [-0.4, -0.2) is 31.3 Å². The van der Waals surface area contributed by atoms with Crippen LogP contribution in [-0.2, 0) is 20.7 Å². The van der Waals surface area contributed by atoms with Crippen LogP contribution in [0.4, 0.5) is 4.79 Å². The third kappa shape index (κ3) is 4.02. The molecule has 2 amide bonds. The van der Waals surface area contributed by atoms with Crippen LogP contribution in [0.15, 0.2) is 35.5 Å². The molecule has 25 heavy (non-hydrogen) atoms. The first-order chi connectivity index (χ1) is 12.1. The minimum Gasteiger partial charge on any atom is -0.459 e. The predicted molar refractivity (Wildman–Crippen MR) is 92.9 cm³/mol. The lowest BCUT2D eigenvalue weighted by molar-refractivity contribution is -0.142. The predicted octanol–water partition coefficient (Wildman–Crippen LogP) is 2.60. The number of urea groups is 1. The molecule has 1 saturated heterocycles. The summed E-state index contributed by atoms with van der Waals surface area (Å²) in [6, 6.07) is 7.06. The summed E-state index contributed by atoms with van der Waals surface area (Å²) in [6.45, 7) is 4.76. The Morgan fingerprint density at radius 3 is 2.72 bits per heavy atom. The fraction of sp³-hybridized carbons (Fsp3) is 0.474. The van der Waals surface area contributed by atoms with Crippen molar-refractivity contribution in [3.05, 3.63) is 46.7 Å². The number of rotatable bonds is 5. The van der Waals surface area contributed by atoms with Crippen molar-refractivity contribution in [3.63, 3.8) is 0 Å². The number of carbonyl (C=O) groups is 2. The van der Waals surface area contributed by atoms with Crippen LogP contribution in [0.25, 0.3) is 0 Å². The van der Waals surface area contributed by atoms with Gasteiger partial charge in [-0.3, -0.25) is 0 Å². The van der Waals surface area contributed by atoms with Crippen molar-refractivity contribution in [2.45, 2.75) is 45.3 Å². The maximum atomic E-state index is 12.7. The Hall–Kier alpha value is -2.34. The van der Waals surface area contributed by atoms with Gasteiger partial charge >= 0.3 is 12.0 Å². The summed E-state index contributed by atoms with van der Waals surface area (Å²) in [4.78, 5) is 24.5. The average molecular weight is 344 g/mol. The Kier molecular flexibility index (Phi) is 5.38. The van der Waals surface area contributed by atoms with Gasteiger partial charge in [-0.1, -0.05) is 31.2 Å². The zero-order chi connectivity index (χ0) is 17.8. The van der Waals surface area contributed by atoms with E-state index in [0.29, 0.717) is 17.9 Å². The third-order valence-corrected chi connectivity index (χ3v) is 4.63. The second-order valence-corrected chi connectivity index (χ2v) is 6.40. The lowest BCUT2D eigenvalue weighted by Gasteiger charge is -2.28. The van der Waals surface area contributed by atoms with Gasteiger partial charge in [0.1, 0.15) is 6.61 Å². The van der Waals surface area contributed by atoms with Crippen molar-refractivity contribution in [3.8, 4) is 0 Å². The number of nitrogens with one attached hydrogen (secondary N) is 2. The fourth-order valence-electron chi connectivity index (χ4n) is 3.18. The molecule has 2 heterocycles. The summed E-state index contributed by atoms with van der Waals surface area (Å²) in [5.41, 5.74) is 3.01. The Labute approximate surface area is 147 Å². The number of hydrogen-bond acceptors (Lipinski definition) is 4. The molecule has 0 spiro atoms. The molecular weight excluding hydrogens is 320 g/mol. The molecule has 0 radical (unpaired) electrons. The Morgan fingerprint density at radius 2 is 2.08 bits per heavy atom. The van der Waals surface area contributed by atoms with Crippen LogP contribution in [0.5, 0.6) is 0 Å². The monoisotopic (exact) mass is 344 g/mol. The largest absolute Gasteiger partial charge is 0.459 e. The molecule has 0 aliphatic carbocycles. The first-order valence-electron chi connectivity index (χ1n) is 8.74.